The molecule has 2 aromatic rings. The van der Waals surface area contributed by atoms with Crippen LogP contribution in [0.1, 0.15) is 30.3 Å². The highest BCUT2D eigenvalue weighted by molar-refractivity contribution is 8.01. The predicted molar refractivity (Wildman–Crippen MR) is 94.4 cm³/mol. The number of carbonyl (C=O) groups excluding carboxylic acids is 1. The van der Waals surface area contributed by atoms with E-state index in [1.54, 1.807) is 11.8 Å². The van der Waals surface area contributed by atoms with Gasteiger partial charge in [0.2, 0.25) is 5.91 Å². The lowest BCUT2D eigenvalue weighted by Gasteiger charge is -2.24. The Balaban J connectivity index is 1.79. The van der Waals surface area contributed by atoms with Crippen LogP contribution in [-0.4, -0.2) is 22.7 Å². The van der Waals surface area contributed by atoms with Crippen molar-refractivity contribution in [3.63, 3.8) is 0 Å². The van der Waals surface area contributed by atoms with Crippen LogP contribution in [0.5, 0.6) is 5.75 Å². The minimum atomic E-state index is 0.00269. The van der Waals surface area contributed by atoms with Gasteiger partial charge in [0.15, 0.2) is 0 Å². The number of hydrogen-bond acceptors (Lipinski definition) is 3. The van der Waals surface area contributed by atoms with E-state index in [1.807, 2.05) is 61.2 Å². The third-order valence-electron chi connectivity index (χ3n) is 3.92. The first-order chi connectivity index (χ1) is 11.2. The Labute approximate surface area is 141 Å². The first-order valence-electron chi connectivity index (χ1n) is 7.91. The molecule has 23 heavy (non-hydrogen) atoms. The molecular formula is C19H21NO2S. The molecule has 1 heterocycles. The van der Waals surface area contributed by atoms with Crippen molar-refractivity contribution in [2.75, 3.05) is 6.61 Å². The molecule has 1 amide bonds. The summed E-state index contributed by atoms with van der Waals surface area (Å²) in [4.78, 5) is 14.5. The lowest BCUT2D eigenvalue weighted by molar-refractivity contribution is -0.130. The Hall–Kier alpha value is -1.94. The number of rotatable bonds is 5. The number of ether oxygens (including phenoxy) is 1. The molecule has 2 atom stereocenters. The van der Waals surface area contributed by atoms with Crippen molar-refractivity contribution in [2.24, 2.45) is 0 Å². The molecule has 0 unspecified atom stereocenters. The van der Waals surface area contributed by atoms with E-state index in [0.717, 1.165) is 11.3 Å². The van der Waals surface area contributed by atoms with Crippen molar-refractivity contribution in [2.45, 2.75) is 31.0 Å². The van der Waals surface area contributed by atoms with Crippen molar-refractivity contribution in [3.05, 3.63) is 65.7 Å². The van der Waals surface area contributed by atoms with E-state index in [2.05, 4.69) is 12.1 Å². The number of amides is 1. The summed E-state index contributed by atoms with van der Waals surface area (Å²) in [6, 6.07) is 18.2. The molecule has 120 valence electrons. The molecular weight excluding hydrogens is 306 g/mol. The molecule has 0 spiro atoms. The van der Waals surface area contributed by atoms with Crippen molar-refractivity contribution in [1.82, 2.24) is 4.90 Å². The summed E-state index contributed by atoms with van der Waals surface area (Å²) in [5.74, 6) is 1.07. The molecule has 2 aromatic carbocycles. The minimum absolute atomic E-state index is 0.00269. The van der Waals surface area contributed by atoms with Gasteiger partial charge in [-0.2, -0.15) is 0 Å². The second kappa shape index (κ2) is 7.09. The Morgan fingerprint density at radius 1 is 1.09 bits per heavy atom. The fraction of sp³-hybridized carbons (Fsp3) is 0.316. The topological polar surface area (TPSA) is 29.5 Å². The van der Waals surface area contributed by atoms with Crippen LogP contribution in [0.2, 0.25) is 0 Å². The monoisotopic (exact) mass is 327 g/mol. The van der Waals surface area contributed by atoms with Crippen LogP contribution in [0.4, 0.5) is 0 Å². The van der Waals surface area contributed by atoms with Crippen molar-refractivity contribution >= 4 is 17.7 Å². The second-order valence-electron chi connectivity index (χ2n) is 5.58. The van der Waals surface area contributed by atoms with E-state index < -0.39 is 0 Å². The Kier molecular flexibility index (Phi) is 4.91. The van der Waals surface area contributed by atoms with E-state index in [-0.39, 0.29) is 16.5 Å². The predicted octanol–water partition coefficient (Wildman–Crippen LogP) is 4.25. The summed E-state index contributed by atoms with van der Waals surface area (Å²) >= 11 is 1.72. The highest BCUT2D eigenvalue weighted by atomic mass is 32.2. The van der Waals surface area contributed by atoms with Gasteiger partial charge in [-0.25, -0.2) is 0 Å². The summed E-state index contributed by atoms with van der Waals surface area (Å²) in [5.41, 5.74) is 2.30. The van der Waals surface area contributed by atoms with Gasteiger partial charge in [0.1, 0.15) is 11.1 Å². The Morgan fingerprint density at radius 2 is 1.78 bits per heavy atom. The largest absolute Gasteiger partial charge is 0.494 e. The smallest absolute Gasteiger partial charge is 0.236 e. The van der Waals surface area contributed by atoms with Crippen molar-refractivity contribution < 1.29 is 9.53 Å². The Morgan fingerprint density at radius 3 is 2.43 bits per heavy atom. The zero-order chi connectivity index (χ0) is 16.2. The highest BCUT2D eigenvalue weighted by Crippen LogP contribution is 2.43. The molecule has 1 aliphatic rings. The number of nitrogens with zero attached hydrogens (tertiary/aromatic N) is 1. The normalized spacial score (nSPS) is 20.8. The molecule has 0 saturated carbocycles. The average molecular weight is 327 g/mol. The second-order valence-corrected chi connectivity index (χ2v) is 7.01. The van der Waals surface area contributed by atoms with Gasteiger partial charge < -0.3 is 9.64 Å². The minimum Gasteiger partial charge on any atom is -0.494 e. The summed E-state index contributed by atoms with van der Waals surface area (Å²) in [6.45, 7) is 5.25. The maximum absolute atomic E-state index is 12.5. The third-order valence-corrected chi connectivity index (χ3v) is 5.31. The van der Waals surface area contributed by atoms with Crippen LogP contribution in [0.15, 0.2) is 54.6 Å². The molecule has 0 bridgehead atoms. The van der Waals surface area contributed by atoms with Crippen molar-refractivity contribution in [3.8, 4) is 5.75 Å². The summed E-state index contributed by atoms with van der Waals surface area (Å²) in [6.07, 6.45) is 0. The molecule has 0 radical (unpaired) electrons. The van der Waals surface area contributed by atoms with E-state index in [1.165, 1.54) is 5.56 Å². The summed E-state index contributed by atoms with van der Waals surface area (Å²) in [7, 11) is 0. The highest BCUT2D eigenvalue weighted by Gasteiger charge is 2.38. The molecule has 1 saturated heterocycles. The quantitative estimate of drug-likeness (QED) is 0.822. The van der Waals surface area contributed by atoms with Gasteiger partial charge in [0.05, 0.1) is 11.9 Å². The van der Waals surface area contributed by atoms with Crippen molar-refractivity contribution in [1.29, 1.82) is 0 Å². The Bertz CT molecular complexity index is 657. The lowest BCUT2D eigenvalue weighted by atomic mass is 10.1. The standard InChI is InChI=1S/C19H21NO2S/c1-3-22-17-11-9-15(10-12-17)13-20-18(21)14(2)23-19(20)16-7-5-4-6-8-16/h4-12,14,19H,3,13H2,1-2H3/t14-,19-/m1/s1. The van der Waals surface area contributed by atoms with Gasteiger partial charge in [-0.05, 0) is 37.1 Å². The van der Waals surface area contributed by atoms with E-state index in [4.69, 9.17) is 4.74 Å². The fourth-order valence-corrected chi connectivity index (χ4v) is 4.04. The van der Waals surface area contributed by atoms with E-state index in [0.29, 0.717) is 13.2 Å². The maximum atomic E-state index is 12.5. The van der Waals surface area contributed by atoms with E-state index >= 15 is 0 Å². The van der Waals surface area contributed by atoms with Gasteiger partial charge in [-0.1, -0.05) is 42.5 Å². The van der Waals surface area contributed by atoms with Gasteiger partial charge in [-0.15, -0.1) is 11.8 Å². The number of carbonyl (C=O) groups is 1. The SMILES string of the molecule is CCOc1ccc(CN2C(=O)[C@@H](C)S[C@@H]2c2ccccc2)cc1. The van der Waals surface area contributed by atoms with Crippen LogP contribution >= 0.6 is 11.8 Å². The van der Waals surface area contributed by atoms with Gasteiger partial charge >= 0.3 is 0 Å². The third kappa shape index (κ3) is 3.53. The molecule has 1 aliphatic heterocycles. The number of thioether (sulfide) groups is 1. The van der Waals surface area contributed by atoms with Gasteiger partial charge in [0.25, 0.3) is 0 Å². The van der Waals surface area contributed by atoms with Crippen LogP contribution in [0, 0.1) is 0 Å². The van der Waals surface area contributed by atoms with Crippen LogP contribution in [-0.2, 0) is 11.3 Å². The van der Waals surface area contributed by atoms with Crippen LogP contribution in [0.3, 0.4) is 0 Å². The first kappa shape index (κ1) is 15.9. The van der Waals surface area contributed by atoms with Gasteiger partial charge in [-0.3, -0.25) is 4.79 Å². The molecule has 0 aromatic heterocycles. The van der Waals surface area contributed by atoms with E-state index in [9.17, 15) is 4.79 Å². The van der Waals surface area contributed by atoms with Crippen LogP contribution in [0.25, 0.3) is 0 Å². The first-order valence-corrected chi connectivity index (χ1v) is 8.86. The molecule has 3 rings (SSSR count). The lowest BCUT2D eigenvalue weighted by Crippen LogP contribution is -2.29. The average Bonchev–Trinajstić information content (AvgIpc) is 2.86. The fourth-order valence-electron chi connectivity index (χ4n) is 2.77. The molecule has 4 heteroatoms. The molecule has 0 aliphatic carbocycles. The van der Waals surface area contributed by atoms with Crippen LogP contribution < -0.4 is 4.74 Å². The zero-order valence-corrected chi connectivity index (χ0v) is 14.3. The molecule has 1 fully saturated rings. The zero-order valence-electron chi connectivity index (χ0n) is 13.4. The molecule has 3 nitrogen and oxygen atoms in total. The van der Waals surface area contributed by atoms with Gasteiger partial charge in [0, 0.05) is 6.54 Å². The number of hydrogen-bond donors (Lipinski definition) is 0. The summed E-state index contributed by atoms with van der Waals surface area (Å²) < 4.78 is 5.47. The number of benzene rings is 2. The molecule has 0 N–H and O–H groups in total. The maximum Gasteiger partial charge on any atom is 0.236 e. The summed E-state index contributed by atoms with van der Waals surface area (Å²) in [5, 5.41) is 0.0909.